The smallest absolute Gasteiger partial charge is 0.315 e. The molecule has 3 nitrogen and oxygen atoms in total. The van der Waals surface area contributed by atoms with E-state index in [0.717, 1.165) is 51.5 Å². The van der Waals surface area contributed by atoms with Gasteiger partial charge in [-0.25, -0.2) is 9.18 Å². The summed E-state index contributed by atoms with van der Waals surface area (Å²) in [5, 5.41) is 6.66. The normalized spacial score (nSPS) is 17.4. The number of halogens is 3. The highest BCUT2D eigenvalue weighted by Gasteiger charge is 2.39. The molecule has 2 N–H and O–H groups in total. The van der Waals surface area contributed by atoms with Crippen LogP contribution >= 0.6 is 54.4 Å². The summed E-state index contributed by atoms with van der Waals surface area (Å²) in [6.07, 6.45) is 4.79. The Bertz CT molecular complexity index is 1220. The number of amides is 2. The highest BCUT2D eigenvalue weighted by molar-refractivity contribution is 14.1. The monoisotopic (exact) mass is 756 g/mol. The van der Waals surface area contributed by atoms with Gasteiger partial charge in [-0.05, 0) is 102 Å². The fraction of sp³-hybridized carbons (Fsp3) is 0.387. The molecule has 0 heterocycles. The van der Waals surface area contributed by atoms with Gasteiger partial charge < -0.3 is 10.6 Å². The lowest BCUT2D eigenvalue weighted by Crippen LogP contribution is -2.53. The standard InChI is InChI=1S/C31H36FI2N2OP/c1-29(2,32)23-17-24(30(3,34)38)19-25(18-23)31(20-21-9-5-4-6-10-21,22-13-15-26(33)16-14-22)36-28(37)35-27-11-7-8-12-27/h4-6,9-10,13-19,27H,7-8,11-12,20,38H2,1-3H3,(H2,35,36,37)/t30?,31-/m0/s1. The van der Waals surface area contributed by atoms with Crippen LogP contribution in [0.5, 0.6) is 0 Å². The van der Waals surface area contributed by atoms with Crippen LogP contribution in [-0.2, 0) is 20.8 Å². The van der Waals surface area contributed by atoms with Crippen molar-refractivity contribution < 1.29 is 9.18 Å². The number of benzene rings is 3. The van der Waals surface area contributed by atoms with E-state index in [1.54, 1.807) is 13.8 Å². The lowest BCUT2D eigenvalue weighted by molar-refractivity contribution is 0.220. The van der Waals surface area contributed by atoms with Gasteiger partial charge in [0.25, 0.3) is 0 Å². The number of rotatable bonds is 8. The fourth-order valence-corrected chi connectivity index (χ4v) is 6.02. The Morgan fingerprint density at radius 2 is 1.50 bits per heavy atom. The summed E-state index contributed by atoms with van der Waals surface area (Å²) in [4.78, 5) is 13.7. The minimum absolute atomic E-state index is 0.178. The Hall–Kier alpha value is -1.25. The molecule has 3 aromatic carbocycles. The molecule has 1 saturated carbocycles. The van der Waals surface area contributed by atoms with Gasteiger partial charge in [-0.15, -0.1) is 9.24 Å². The van der Waals surface area contributed by atoms with Crippen LogP contribution in [0.2, 0.25) is 0 Å². The first-order chi connectivity index (χ1) is 17.9. The molecule has 2 unspecified atom stereocenters. The van der Waals surface area contributed by atoms with Crippen molar-refractivity contribution in [1.82, 2.24) is 10.6 Å². The topological polar surface area (TPSA) is 41.1 Å². The van der Waals surface area contributed by atoms with E-state index < -0.39 is 11.2 Å². The van der Waals surface area contributed by atoms with Gasteiger partial charge in [0.05, 0.1) is 8.70 Å². The van der Waals surface area contributed by atoms with Crippen LogP contribution in [0.15, 0.2) is 72.8 Å². The van der Waals surface area contributed by atoms with Gasteiger partial charge in [-0.2, -0.15) is 0 Å². The zero-order valence-corrected chi connectivity index (χ0v) is 27.6. The molecule has 7 heteroatoms. The van der Waals surface area contributed by atoms with Gasteiger partial charge in [0.15, 0.2) is 0 Å². The largest absolute Gasteiger partial charge is 0.335 e. The van der Waals surface area contributed by atoms with E-state index in [2.05, 4.69) is 114 Å². The third kappa shape index (κ3) is 7.28. The Kier molecular flexibility index (Phi) is 9.46. The lowest BCUT2D eigenvalue weighted by atomic mass is 9.76. The molecule has 0 aliphatic heterocycles. The van der Waals surface area contributed by atoms with Crippen LogP contribution < -0.4 is 10.6 Å². The number of carbonyl (C=O) groups is 1. The minimum Gasteiger partial charge on any atom is -0.335 e. The summed E-state index contributed by atoms with van der Waals surface area (Å²) in [6.45, 7) is 5.27. The third-order valence-corrected chi connectivity index (χ3v) is 9.02. The summed E-state index contributed by atoms with van der Waals surface area (Å²) in [7, 11) is 2.87. The van der Waals surface area contributed by atoms with Crippen LogP contribution in [0.3, 0.4) is 0 Å². The molecule has 202 valence electrons. The molecular formula is C31H36FI2N2OP. The lowest BCUT2D eigenvalue weighted by Gasteiger charge is -2.38. The number of alkyl halides is 2. The van der Waals surface area contributed by atoms with E-state index in [1.165, 1.54) is 0 Å². The third-order valence-electron chi connectivity index (χ3n) is 7.34. The first-order valence-electron chi connectivity index (χ1n) is 13.1. The average Bonchev–Trinajstić information content (AvgIpc) is 3.36. The van der Waals surface area contributed by atoms with Crippen LogP contribution in [0.4, 0.5) is 9.18 Å². The molecule has 2 amide bonds. The van der Waals surface area contributed by atoms with Crippen molar-refractivity contribution in [3.05, 3.63) is 104 Å². The van der Waals surface area contributed by atoms with Crippen molar-refractivity contribution >= 4 is 60.5 Å². The summed E-state index contributed by atoms with van der Waals surface area (Å²) in [6, 6.07) is 24.5. The molecule has 0 radical (unpaired) electrons. The van der Waals surface area contributed by atoms with E-state index in [4.69, 9.17) is 0 Å². The molecule has 0 spiro atoms. The molecule has 4 rings (SSSR count). The number of nitrogens with one attached hydrogen (secondary N) is 2. The first-order valence-corrected chi connectivity index (χ1v) is 15.8. The van der Waals surface area contributed by atoms with Gasteiger partial charge in [0, 0.05) is 16.0 Å². The van der Waals surface area contributed by atoms with Gasteiger partial charge in [0.2, 0.25) is 0 Å². The second-order valence-corrected chi connectivity index (χ2v) is 16.8. The summed E-state index contributed by atoms with van der Waals surface area (Å²) in [5.74, 6) is 0. The summed E-state index contributed by atoms with van der Waals surface area (Å²) < 4.78 is 16.4. The number of hydrogen-bond acceptors (Lipinski definition) is 1. The minimum atomic E-state index is -1.55. The summed E-state index contributed by atoms with van der Waals surface area (Å²) >= 11 is 4.67. The Labute approximate surface area is 256 Å². The second kappa shape index (κ2) is 12.1. The molecule has 0 saturated heterocycles. The van der Waals surface area contributed by atoms with Gasteiger partial charge >= 0.3 is 6.03 Å². The first kappa shape index (κ1) is 29.7. The predicted molar refractivity (Wildman–Crippen MR) is 176 cm³/mol. The molecule has 0 aromatic heterocycles. The van der Waals surface area contributed by atoms with Crippen molar-refractivity contribution in [2.24, 2.45) is 0 Å². The maximum Gasteiger partial charge on any atom is 0.315 e. The number of carbonyl (C=O) groups excluding carboxylic acids is 1. The zero-order chi connectivity index (χ0) is 27.6. The number of hydrogen-bond donors (Lipinski definition) is 2. The molecule has 3 atom stereocenters. The van der Waals surface area contributed by atoms with Crippen LogP contribution in [0.25, 0.3) is 0 Å². The van der Waals surface area contributed by atoms with Gasteiger partial charge in [-0.3, -0.25) is 0 Å². The van der Waals surface area contributed by atoms with Crippen LogP contribution in [0.1, 0.15) is 74.3 Å². The van der Waals surface area contributed by atoms with E-state index >= 15 is 4.39 Å². The Morgan fingerprint density at radius 3 is 2.08 bits per heavy atom. The quantitative estimate of drug-likeness (QED) is 0.135. The highest BCUT2D eigenvalue weighted by atomic mass is 127. The predicted octanol–water partition coefficient (Wildman–Crippen LogP) is 8.71. The Morgan fingerprint density at radius 1 is 0.921 bits per heavy atom. The van der Waals surface area contributed by atoms with E-state index in [-0.39, 0.29) is 15.2 Å². The molecular weight excluding hydrogens is 720 g/mol. The molecule has 1 aliphatic carbocycles. The van der Waals surface area contributed by atoms with E-state index in [0.29, 0.717) is 12.0 Å². The zero-order valence-electron chi connectivity index (χ0n) is 22.2. The van der Waals surface area contributed by atoms with Crippen molar-refractivity contribution in [1.29, 1.82) is 0 Å². The van der Waals surface area contributed by atoms with Crippen molar-refractivity contribution in [2.45, 2.75) is 73.3 Å². The van der Waals surface area contributed by atoms with Crippen LogP contribution in [-0.4, -0.2) is 12.1 Å². The number of urea groups is 1. The van der Waals surface area contributed by atoms with Crippen molar-refractivity contribution in [3.8, 4) is 0 Å². The maximum atomic E-state index is 15.6. The average molecular weight is 756 g/mol. The molecule has 1 aliphatic rings. The second-order valence-electron chi connectivity index (χ2n) is 11.0. The van der Waals surface area contributed by atoms with Crippen molar-refractivity contribution in [3.63, 3.8) is 0 Å². The molecule has 0 bridgehead atoms. The highest BCUT2D eigenvalue weighted by Crippen LogP contribution is 2.44. The molecule has 38 heavy (non-hydrogen) atoms. The van der Waals surface area contributed by atoms with E-state index in [1.807, 2.05) is 30.3 Å². The summed E-state index contributed by atoms with van der Waals surface area (Å²) in [5.41, 5.74) is 2.03. The van der Waals surface area contributed by atoms with Crippen molar-refractivity contribution in [2.75, 3.05) is 0 Å². The molecule has 1 fully saturated rings. The van der Waals surface area contributed by atoms with Gasteiger partial charge in [0.1, 0.15) is 5.67 Å². The molecule has 3 aromatic rings. The maximum absolute atomic E-state index is 15.6. The SMILES string of the molecule is CC(C)(F)c1cc(C(C)(P)I)cc([C@@](Cc2ccccc2)(NC(=O)NC2CCCC2)c2ccc(I)cc2)c1. The van der Waals surface area contributed by atoms with Crippen LogP contribution in [0, 0.1) is 3.57 Å². The fourth-order valence-electron chi connectivity index (χ4n) is 5.18. The van der Waals surface area contributed by atoms with E-state index in [9.17, 15) is 4.79 Å². The Balaban J connectivity index is 1.96. The van der Waals surface area contributed by atoms with Gasteiger partial charge in [-0.1, -0.05) is 90.0 Å².